The molecule has 0 fully saturated rings. The van der Waals surface area contributed by atoms with Gasteiger partial charge >= 0.3 is 5.97 Å². The average molecular weight is 344 g/mol. The van der Waals surface area contributed by atoms with Crippen LogP contribution < -0.4 is 5.32 Å². The van der Waals surface area contributed by atoms with E-state index in [0.29, 0.717) is 12.1 Å². The average Bonchev–Trinajstić information content (AvgIpc) is 3.13. The van der Waals surface area contributed by atoms with Crippen LogP contribution in [0.5, 0.6) is 0 Å². The Bertz CT molecular complexity index is 858. The first-order valence-electron chi connectivity index (χ1n) is 7.47. The van der Waals surface area contributed by atoms with E-state index < -0.39 is 17.5 Å². The molecule has 0 bridgehead atoms. The Morgan fingerprint density at radius 2 is 2.12 bits per heavy atom. The third kappa shape index (κ3) is 3.22. The van der Waals surface area contributed by atoms with E-state index in [-0.39, 0.29) is 24.0 Å². The molecule has 2 heterocycles. The summed E-state index contributed by atoms with van der Waals surface area (Å²) in [6.45, 7) is 1.38. The number of fused-ring (bicyclic) bond motifs is 1. The summed E-state index contributed by atoms with van der Waals surface area (Å²) in [5.74, 6) is -2.30. The zero-order chi connectivity index (χ0) is 18.2. The molecule has 1 aromatic carbocycles. The van der Waals surface area contributed by atoms with Crippen LogP contribution in [0.4, 0.5) is 5.82 Å². The molecule has 0 saturated carbocycles. The van der Waals surface area contributed by atoms with Crippen LogP contribution >= 0.6 is 0 Å². The lowest BCUT2D eigenvalue weighted by Crippen LogP contribution is -2.49. The van der Waals surface area contributed by atoms with Crippen LogP contribution in [-0.4, -0.2) is 55.2 Å². The molecule has 9 nitrogen and oxygen atoms in total. The number of anilines is 1. The third-order valence-corrected chi connectivity index (χ3v) is 3.93. The Morgan fingerprint density at radius 1 is 1.40 bits per heavy atom. The fourth-order valence-corrected chi connectivity index (χ4v) is 2.63. The number of H-pyrrole nitrogens is 1. The summed E-state index contributed by atoms with van der Waals surface area (Å²) in [7, 11) is 0. The Balaban J connectivity index is 1.68. The van der Waals surface area contributed by atoms with Gasteiger partial charge in [-0.1, -0.05) is 18.2 Å². The van der Waals surface area contributed by atoms with Crippen molar-refractivity contribution in [2.45, 2.75) is 19.1 Å². The number of carbonyl (C=O) groups is 3. The minimum atomic E-state index is -1.87. The summed E-state index contributed by atoms with van der Waals surface area (Å²) in [5.41, 5.74) is -0.681. The molecule has 130 valence electrons. The fraction of sp³-hybridized carbons (Fsp3) is 0.250. The number of aromatic carboxylic acids is 1. The van der Waals surface area contributed by atoms with Crippen LogP contribution in [0.15, 0.2) is 30.3 Å². The van der Waals surface area contributed by atoms with Crippen LogP contribution in [0.3, 0.4) is 0 Å². The number of carboxylic acids is 1. The lowest BCUT2D eigenvalue weighted by molar-refractivity contribution is -0.133. The van der Waals surface area contributed by atoms with Gasteiger partial charge in [-0.2, -0.15) is 5.10 Å². The largest absolute Gasteiger partial charge is 0.477 e. The standard InChI is InChI=1S/C16H16N4O5/c1-16(25,15(24)17-12-6-11(14(22)23)18-19-12)8-20-7-9-4-2-3-5-10(9)13(20)21/h2-6,25H,7-8H2,1H3,(H,22,23)(H2,17,18,19,24). The topological polar surface area (TPSA) is 136 Å². The maximum absolute atomic E-state index is 12.3. The molecule has 0 radical (unpaired) electrons. The van der Waals surface area contributed by atoms with Gasteiger partial charge in [0.25, 0.3) is 11.8 Å². The van der Waals surface area contributed by atoms with Gasteiger partial charge in [0.05, 0.1) is 6.54 Å². The fourth-order valence-electron chi connectivity index (χ4n) is 2.63. The molecule has 2 amide bonds. The van der Waals surface area contributed by atoms with E-state index in [9.17, 15) is 19.5 Å². The zero-order valence-corrected chi connectivity index (χ0v) is 13.3. The van der Waals surface area contributed by atoms with Crippen molar-refractivity contribution in [1.82, 2.24) is 15.1 Å². The van der Waals surface area contributed by atoms with Crippen molar-refractivity contribution in [2.75, 3.05) is 11.9 Å². The molecule has 0 spiro atoms. The van der Waals surface area contributed by atoms with Gasteiger partial charge in [0.15, 0.2) is 11.4 Å². The first-order valence-corrected chi connectivity index (χ1v) is 7.47. The second-order valence-electron chi connectivity index (χ2n) is 6.02. The highest BCUT2D eigenvalue weighted by Crippen LogP contribution is 2.24. The normalized spacial score (nSPS) is 15.6. The molecule has 1 unspecified atom stereocenters. The monoisotopic (exact) mass is 344 g/mol. The smallest absolute Gasteiger partial charge is 0.353 e. The van der Waals surface area contributed by atoms with Gasteiger partial charge in [-0.15, -0.1) is 0 Å². The number of hydrogen-bond acceptors (Lipinski definition) is 5. The molecule has 0 aliphatic carbocycles. The number of β-amino-alcohol motifs (C(OH)–C–C–N with tert-alkyl or cyclic N) is 1. The minimum Gasteiger partial charge on any atom is -0.477 e. The zero-order valence-electron chi connectivity index (χ0n) is 13.3. The highest BCUT2D eigenvalue weighted by Gasteiger charge is 2.37. The Kier molecular flexibility index (Phi) is 4.01. The third-order valence-electron chi connectivity index (χ3n) is 3.93. The predicted molar refractivity (Wildman–Crippen MR) is 86.0 cm³/mol. The quantitative estimate of drug-likeness (QED) is 0.622. The van der Waals surface area contributed by atoms with Crippen molar-refractivity contribution < 1.29 is 24.6 Å². The van der Waals surface area contributed by atoms with Crippen LogP contribution in [0.25, 0.3) is 0 Å². The molecule has 1 aromatic heterocycles. The predicted octanol–water partition coefficient (Wildman–Crippen LogP) is 0.453. The lowest BCUT2D eigenvalue weighted by atomic mass is 10.1. The van der Waals surface area contributed by atoms with Crippen LogP contribution in [0.2, 0.25) is 0 Å². The first-order chi connectivity index (χ1) is 11.8. The van der Waals surface area contributed by atoms with Crippen LogP contribution in [-0.2, 0) is 11.3 Å². The molecule has 1 aliphatic heterocycles. The van der Waals surface area contributed by atoms with Crippen LogP contribution in [0.1, 0.15) is 33.3 Å². The van der Waals surface area contributed by atoms with Crippen molar-refractivity contribution in [2.24, 2.45) is 0 Å². The van der Waals surface area contributed by atoms with Crippen molar-refractivity contribution in [1.29, 1.82) is 0 Å². The van der Waals surface area contributed by atoms with Gasteiger partial charge < -0.3 is 20.4 Å². The van der Waals surface area contributed by atoms with Crippen molar-refractivity contribution >= 4 is 23.6 Å². The van der Waals surface area contributed by atoms with E-state index in [2.05, 4.69) is 15.5 Å². The summed E-state index contributed by atoms with van der Waals surface area (Å²) >= 11 is 0. The number of nitrogens with zero attached hydrogens (tertiary/aromatic N) is 2. The molecule has 9 heteroatoms. The number of carboxylic acid groups (broad SMARTS) is 1. The summed E-state index contributed by atoms with van der Waals surface area (Å²) in [6.07, 6.45) is 0. The van der Waals surface area contributed by atoms with E-state index >= 15 is 0 Å². The van der Waals surface area contributed by atoms with E-state index in [0.717, 1.165) is 11.6 Å². The van der Waals surface area contributed by atoms with Crippen molar-refractivity contribution in [3.05, 3.63) is 47.2 Å². The second-order valence-corrected chi connectivity index (χ2v) is 6.02. The summed E-state index contributed by atoms with van der Waals surface area (Å²) in [4.78, 5) is 36.8. The number of aliphatic hydroxyl groups is 1. The molecule has 3 rings (SSSR count). The van der Waals surface area contributed by atoms with E-state index in [1.54, 1.807) is 12.1 Å². The number of benzene rings is 1. The number of hydrogen-bond donors (Lipinski definition) is 4. The molecular weight excluding hydrogens is 328 g/mol. The van der Waals surface area contributed by atoms with Gasteiger partial charge in [-0.3, -0.25) is 14.7 Å². The van der Waals surface area contributed by atoms with Crippen LogP contribution in [0, 0.1) is 0 Å². The molecular formula is C16H16N4O5. The summed E-state index contributed by atoms with van der Waals surface area (Å²) in [6, 6.07) is 8.22. The van der Waals surface area contributed by atoms with E-state index in [1.807, 2.05) is 12.1 Å². The first kappa shape index (κ1) is 16.7. The molecule has 0 saturated heterocycles. The van der Waals surface area contributed by atoms with Gasteiger partial charge in [0, 0.05) is 18.2 Å². The summed E-state index contributed by atoms with van der Waals surface area (Å²) < 4.78 is 0. The number of amides is 2. The number of carbonyl (C=O) groups excluding carboxylic acids is 2. The SMILES string of the molecule is CC(O)(CN1Cc2ccccc2C1=O)C(=O)Nc1cc(C(=O)O)[nH]n1. The molecule has 4 N–H and O–H groups in total. The lowest BCUT2D eigenvalue weighted by Gasteiger charge is -2.27. The number of aromatic amines is 1. The number of aromatic nitrogens is 2. The van der Waals surface area contributed by atoms with Gasteiger partial charge in [-0.05, 0) is 18.6 Å². The maximum atomic E-state index is 12.3. The number of rotatable bonds is 5. The van der Waals surface area contributed by atoms with E-state index in [1.165, 1.54) is 11.8 Å². The van der Waals surface area contributed by atoms with Gasteiger partial charge in [-0.25, -0.2) is 4.79 Å². The molecule has 1 aliphatic rings. The highest BCUT2D eigenvalue weighted by molar-refractivity contribution is 6.00. The van der Waals surface area contributed by atoms with Gasteiger partial charge in [0.2, 0.25) is 0 Å². The Hall–Kier alpha value is -3.20. The maximum Gasteiger partial charge on any atom is 0.353 e. The Morgan fingerprint density at radius 3 is 2.76 bits per heavy atom. The van der Waals surface area contributed by atoms with E-state index in [4.69, 9.17) is 5.11 Å². The molecule has 1 atom stereocenters. The second kappa shape index (κ2) is 6.02. The molecule has 25 heavy (non-hydrogen) atoms. The highest BCUT2D eigenvalue weighted by atomic mass is 16.4. The van der Waals surface area contributed by atoms with Crippen molar-refractivity contribution in [3.8, 4) is 0 Å². The number of nitrogens with one attached hydrogen (secondary N) is 2. The molecule has 2 aromatic rings. The van der Waals surface area contributed by atoms with Crippen molar-refractivity contribution in [3.63, 3.8) is 0 Å². The Labute approximate surface area is 142 Å². The van der Waals surface area contributed by atoms with Gasteiger partial charge in [0.1, 0.15) is 5.69 Å². The minimum absolute atomic E-state index is 0.0290. The summed E-state index contributed by atoms with van der Waals surface area (Å²) in [5, 5.41) is 27.5.